The predicted octanol–water partition coefficient (Wildman–Crippen LogP) is 6.76. The first-order chi connectivity index (χ1) is 14.0. The molecule has 0 radical (unpaired) electrons. The fraction of sp³-hybridized carbons (Fsp3) is 0.714. The quantitative estimate of drug-likeness (QED) is 0.490. The van der Waals surface area contributed by atoms with Gasteiger partial charge in [0.1, 0.15) is 0 Å². The van der Waals surface area contributed by atoms with Crippen LogP contribution in [-0.2, 0) is 0 Å². The van der Waals surface area contributed by atoms with E-state index in [4.69, 9.17) is 0 Å². The highest BCUT2D eigenvalue weighted by Crippen LogP contribution is 2.59. The van der Waals surface area contributed by atoms with Crippen LogP contribution in [0.15, 0.2) is 47.6 Å². The van der Waals surface area contributed by atoms with Crippen LogP contribution < -0.4 is 0 Å². The molecule has 0 saturated heterocycles. The zero-order valence-corrected chi connectivity index (χ0v) is 20.0. The van der Waals surface area contributed by atoms with Gasteiger partial charge in [0.15, 0.2) is 0 Å². The summed E-state index contributed by atoms with van der Waals surface area (Å²) in [6.07, 6.45) is 17.6. The summed E-state index contributed by atoms with van der Waals surface area (Å²) < 4.78 is 0. The lowest BCUT2D eigenvalue weighted by atomic mass is 9.61. The average Bonchev–Trinajstić information content (AvgIpc) is 3.04. The maximum absolute atomic E-state index is 10.6. The molecule has 168 valence electrons. The van der Waals surface area contributed by atoms with E-state index in [1.807, 2.05) is 13.0 Å². The van der Waals surface area contributed by atoms with E-state index >= 15 is 0 Å². The Bertz CT molecular complexity index is 723. The van der Waals surface area contributed by atoms with E-state index in [2.05, 4.69) is 52.5 Å². The molecule has 0 aromatic carbocycles. The van der Waals surface area contributed by atoms with E-state index in [-0.39, 0.29) is 12.0 Å². The molecule has 2 nitrogen and oxygen atoms in total. The van der Waals surface area contributed by atoms with Crippen LogP contribution in [0.1, 0.15) is 86.0 Å². The first-order valence-corrected chi connectivity index (χ1v) is 12.2. The number of hydrogen-bond acceptors (Lipinski definition) is 2. The summed E-state index contributed by atoms with van der Waals surface area (Å²) in [5.41, 5.74) is 3.67. The molecule has 6 atom stereocenters. The third-order valence-electron chi connectivity index (χ3n) is 8.77. The van der Waals surface area contributed by atoms with Crippen LogP contribution in [0, 0.1) is 29.1 Å². The van der Waals surface area contributed by atoms with E-state index in [1.54, 1.807) is 5.57 Å². The Balaban J connectivity index is 1.76. The highest BCUT2D eigenvalue weighted by molar-refractivity contribution is 5.36. The summed E-state index contributed by atoms with van der Waals surface area (Å²) in [5.74, 6) is 2.04. The normalized spacial score (nSPS) is 38.4. The van der Waals surface area contributed by atoms with E-state index in [0.717, 1.165) is 19.3 Å². The topological polar surface area (TPSA) is 40.5 Å². The van der Waals surface area contributed by atoms with Crippen molar-refractivity contribution in [2.75, 3.05) is 0 Å². The van der Waals surface area contributed by atoms with Gasteiger partial charge in [-0.15, -0.1) is 0 Å². The molecule has 3 aliphatic carbocycles. The predicted molar refractivity (Wildman–Crippen MR) is 127 cm³/mol. The molecule has 3 rings (SSSR count). The van der Waals surface area contributed by atoms with Gasteiger partial charge in [-0.25, -0.2) is 0 Å². The Kier molecular flexibility index (Phi) is 7.19. The van der Waals surface area contributed by atoms with Crippen LogP contribution in [0.2, 0.25) is 0 Å². The van der Waals surface area contributed by atoms with Crippen LogP contribution in [0.4, 0.5) is 0 Å². The van der Waals surface area contributed by atoms with Crippen molar-refractivity contribution in [2.45, 2.75) is 97.7 Å². The molecule has 30 heavy (non-hydrogen) atoms. The third kappa shape index (κ3) is 4.86. The van der Waals surface area contributed by atoms with Crippen LogP contribution in [-0.4, -0.2) is 21.9 Å². The second-order valence-corrected chi connectivity index (χ2v) is 11.1. The van der Waals surface area contributed by atoms with Crippen LogP contribution in [0.25, 0.3) is 0 Å². The molecule has 0 bridgehead atoms. The molecule has 0 unspecified atom stereocenters. The minimum Gasteiger partial charge on any atom is -0.393 e. The number of allylic oxidation sites excluding steroid dienone is 5. The van der Waals surface area contributed by atoms with E-state index in [0.29, 0.717) is 23.2 Å². The molecule has 3 saturated carbocycles. The Morgan fingerprint density at radius 3 is 2.57 bits per heavy atom. The van der Waals surface area contributed by atoms with Crippen molar-refractivity contribution >= 4 is 0 Å². The Labute approximate surface area is 184 Å². The van der Waals surface area contributed by atoms with Crippen molar-refractivity contribution in [2.24, 2.45) is 29.1 Å². The Morgan fingerprint density at radius 1 is 1.13 bits per heavy atom. The smallest absolute Gasteiger partial charge is 0.0822 e. The largest absolute Gasteiger partial charge is 0.393 e. The van der Waals surface area contributed by atoms with Crippen molar-refractivity contribution in [3.63, 3.8) is 0 Å². The molecule has 0 amide bonds. The number of aliphatic hydroxyl groups is 2. The first-order valence-electron chi connectivity index (χ1n) is 12.2. The lowest BCUT2D eigenvalue weighted by Crippen LogP contribution is -2.36. The monoisotopic (exact) mass is 412 g/mol. The highest BCUT2D eigenvalue weighted by Gasteiger charge is 2.50. The summed E-state index contributed by atoms with van der Waals surface area (Å²) in [4.78, 5) is 0. The molecule has 0 spiro atoms. The van der Waals surface area contributed by atoms with Crippen LogP contribution >= 0.6 is 0 Å². The molecule has 3 fully saturated rings. The van der Waals surface area contributed by atoms with Gasteiger partial charge in [0.25, 0.3) is 0 Å². The lowest BCUT2D eigenvalue weighted by molar-refractivity contribution is 0.0607. The number of aliphatic hydroxyl groups excluding tert-OH is 1. The summed E-state index contributed by atoms with van der Waals surface area (Å²) in [6, 6.07) is 0. The molecule has 2 heteroatoms. The van der Waals surface area contributed by atoms with Crippen LogP contribution in [0.5, 0.6) is 0 Å². The van der Waals surface area contributed by atoms with Crippen molar-refractivity contribution in [1.29, 1.82) is 0 Å². The minimum atomic E-state index is -0.732. The van der Waals surface area contributed by atoms with Gasteiger partial charge in [-0.2, -0.15) is 0 Å². The van der Waals surface area contributed by atoms with Gasteiger partial charge < -0.3 is 10.2 Å². The van der Waals surface area contributed by atoms with Crippen molar-refractivity contribution in [3.8, 4) is 0 Å². The number of rotatable bonds is 5. The van der Waals surface area contributed by atoms with Crippen molar-refractivity contribution in [3.05, 3.63) is 47.6 Å². The Morgan fingerprint density at radius 2 is 1.87 bits per heavy atom. The second kappa shape index (κ2) is 9.17. The standard InChI is InChI=1S/C28H44O2/c1-19(2)28(6,30)17-15-21(4)25-13-14-26-22(8-7-16-27(25,26)5)10-11-23-18-24(29)12-9-20(23)3/h10-11,15,17,19,21,24-26,29-30H,3,7-9,12-14,16,18H2,1-2,4-6H3/b17-15+,22-10+,23-11-/t21-,24+,25-,26-,27-,28-/m1/s1. The zero-order valence-electron chi connectivity index (χ0n) is 20.0. The minimum absolute atomic E-state index is 0.205. The van der Waals surface area contributed by atoms with Gasteiger partial charge >= 0.3 is 0 Å². The first kappa shape index (κ1) is 23.5. The van der Waals surface area contributed by atoms with Gasteiger partial charge in [0.05, 0.1) is 11.7 Å². The van der Waals surface area contributed by atoms with Crippen molar-refractivity contribution < 1.29 is 10.2 Å². The lowest BCUT2D eigenvalue weighted by Gasteiger charge is -2.44. The van der Waals surface area contributed by atoms with Gasteiger partial charge in [0.2, 0.25) is 0 Å². The maximum atomic E-state index is 10.6. The zero-order chi connectivity index (χ0) is 22.1. The van der Waals surface area contributed by atoms with Crippen molar-refractivity contribution in [1.82, 2.24) is 0 Å². The summed E-state index contributed by atoms with van der Waals surface area (Å²) in [6.45, 7) is 15.2. The molecule has 0 aliphatic heterocycles. The maximum Gasteiger partial charge on any atom is 0.0822 e. The van der Waals surface area contributed by atoms with Gasteiger partial charge in [0, 0.05) is 0 Å². The van der Waals surface area contributed by atoms with E-state index in [1.165, 1.54) is 43.3 Å². The summed E-state index contributed by atoms with van der Waals surface area (Å²) >= 11 is 0. The number of hydrogen-bond donors (Lipinski definition) is 2. The molecule has 0 aromatic heterocycles. The van der Waals surface area contributed by atoms with Crippen LogP contribution in [0.3, 0.4) is 0 Å². The van der Waals surface area contributed by atoms with Gasteiger partial charge in [-0.3, -0.25) is 0 Å². The summed E-state index contributed by atoms with van der Waals surface area (Å²) in [5, 5.41) is 20.7. The summed E-state index contributed by atoms with van der Waals surface area (Å²) in [7, 11) is 0. The second-order valence-electron chi connectivity index (χ2n) is 11.1. The molecule has 0 heterocycles. The molecular weight excluding hydrogens is 368 g/mol. The Hall–Kier alpha value is -1.12. The van der Waals surface area contributed by atoms with Gasteiger partial charge in [-0.05, 0) is 93.0 Å². The van der Waals surface area contributed by atoms with Gasteiger partial charge in [-0.1, -0.05) is 69.7 Å². The average molecular weight is 413 g/mol. The fourth-order valence-electron chi connectivity index (χ4n) is 6.21. The molecule has 2 N–H and O–H groups in total. The van der Waals surface area contributed by atoms with E-state index < -0.39 is 5.60 Å². The molecule has 0 aromatic rings. The SMILES string of the molecule is C=C1CC[C@H](O)C/C1=C/C=C1\CCC[C@@]2(C)[C@@H]1CC[C@@H]2[C@H](C)/C=C/[C@@](C)(O)C(C)C. The number of fused-ring (bicyclic) bond motifs is 1. The van der Waals surface area contributed by atoms with E-state index in [9.17, 15) is 10.2 Å². The molecular formula is C28H44O2. The third-order valence-corrected chi connectivity index (χ3v) is 8.77. The fourth-order valence-corrected chi connectivity index (χ4v) is 6.21. The highest BCUT2D eigenvalue weighted by atomic mass is 16.3. The molecule has 3 aliphatic rings.